The number of rotatable bonds is 4. The van der Waals surface area contributed by atoms with Crippen molar-refractivity contribution in [2.75, 3.05) is 5.32 Å². The zero-order valence-electron chi connectivity index (χ0n) is 14.5. The van der Waals surface area contributed by atoms with E-state index < -0.39 is 23.4 Å². The molecule has 3 N–H and O–H groups in total. The molecule has 2 amide bonds. The second-order valence-electron chi connectivity index (χ2n) is 5.82. The van der Waals surface area contributed by atoms with Gasteiger partial charge < -0.3 is 11.1 Å². The molecule has 0 saturated carbocycles. The highest BCUT2D eigenvalue weighted by molar-refractivity contribution is 6.03. The summed E-state index contributed by atoms with van der Waals surface area (Å²) in [6.07, 6.45) is 0. The molecule has 3 rings (SSSR count). The fraction of sp³-hybridized carbons (Fsp3) is 0.111. The van der Waals surface area contributed by atoms with Crippen LogP contribution in [-0.2, 0) is 0 Å². The number of halogens is 2. The number of benzene rings is 2. The zero-order valence-corrected chi connectivity index (χ0v) is 14.5. The van der Waals surface area contributed by atoms with Crippen molar-refractivity contribution >= 4 is 17.5 Å². The minimum Gasteiger partial charge on any atom is -0.366 e. The van der Waals surface area contributed by atoms with Crippen molar-refractivity contribution in [1.29, 1.82) is 0 Å². The molecule has 0 aliphatic carbocycles. The van der Waals surface area contributed by atoms with E-state index in [-0.39, 0.29) is 22.6 Å². The predicted octanol–water partition coefficient (Wildman–Crippen LogP) is 2.51. The number of carbonyl (C=O) groups is 2. The van der Waals surface area contributed by atoms with Crippen LogP contribution in [0.5, 0.6) is 0 Å². The number of amides is 2. The van der Waals surface area contributed by atoms with Crippen molar-refractivity contribution in [1.82, 2.24) is 14.8 Å². The summed E-state index contributed by atoms with van der Waals surface area (Å²) >= 11 is 0. The molecule has 7 nitrogen and oxygen atoms in total. The van der Waals surface area contributed by atoms with Crippen molar-refractivity contribution in [2.24, 2.45) is 5.73 Å². The van der Waals surface area contributed by atoms with Crippen LogP contribution >= 0.6 is 0 Å². The molecule has 0 fully saturated rings. The number of carbonyl (C=O) groups excluding carboxylic acids is 2. The third-order valence-corrected chi connectivity index (χ3v) is 3.92. The predicted molar refractivity (Wildman–Crippen MR) is 93.7 cm³/mol. The minimum atomic E-state index is -0.820. The number of hydrogen-bond acceptors (Lipinski definition) is 4. The lowest BCUT2D eigenvalue weighted by atomic mass is 10.1. The van der Waals surface area contributed by atoms with Crippen LogP contribution in [0.1, 0.15) is 32.4 Å². The lowest BCUT2D eigenvalue weighted by Crippen LogP contribution is -2.17. The molecule has 0 bridgehead atoms. The SMILES string of the molecule is Cc1c(F)cc(C(N)=O)cc1NC(=O)c1nc(C)n(-c2ccc(F)cc2)n1. The molecule has 0 radical (unpaired) electrons. The topological polar surface area (TPSA) is 103 Å². The Hall–Kier alpha value is -3.62. The Bertz CT molecular complexity index is 1040. The lowest BCUT2D eigenvalue weighted by Gasteiger charge is -2.09. The quantitative estimate of drug-likeness (QED) is 0.735. The van der Waals surface area contributed by atoms with E-state index in [1.807, 2.05) is 0 Å². The summed E-state index contributed by atoms with van der Waals surface area (Å²) in [5.41, 5.74) is 5.85. The van der Waals surface area contributed by atoms with Gasteiger partial charge in [0.1, 0.15) is 17.5 Å². The van der Waals surface area contributed by atoms with Gasteiger partial charge in [0.05, 0.1) is 5.69 Å². The number of nitrogens with two attached hydrogens (primary N) is 1. The van der Waals surface area contributed by atoms with Gasteiger partial charge in [-0.05, 0) is 50.2 Å². The van der Waals surface area contributed by atoms with Crippen molar-refractivity contribution in [3.63, 3.8) is 0 Å². The van der Waals surface area contributed by atoms with E-state index in [0.717, 1.165) is 6.07 Å². The molecule has 2 aromatic carbocycles. The van der Waals surface area contributed by atoms with Crippen LogP contribution in [0, 0.1) is 25.5 Å². The van der Waals surface area contributed by atoms with Gasteiger partial charge in [-0.2, -0.15) is 0 Å². The maximum absolute atomic E-state index is 14.0. The van der Waals surface area contributed by atoms with Crippen LogP contribution in [0.25, 0.3) is 5.69 Å². The molecule has 27 heavy (non-hydrogen) atoms. The number of nitrogens with zero attached hydrogens (tertiary/aromatic N) is 3. The zero-order chi connectivity index (χ0) is 19.7. The van der Waals surface area contributed by atoms with Gasteiger partial charge in [0, 0.05) is 16.8 Å². The Kier molecular flexibility index (Phi) is 4.68. The second-order valence-corrected chi connectivity index (χ2v) is 5.82. The van der Waals surface area contributed by atoms with Crippen LogP contribution in [0.3, 0.4) is 0 Å². The number of anilines is 1. The largest absolute Gasteiger partial charge is 0.366 e. The van der Waals surface area contributed by atoms with Gasteiger partial charge >= 0.3 is 0 Å². The van der Waals surface area contributed by atoms with Crippen LogP contribution in [0.2, 0.25) is 0 Å². The first-order valence-corrected chi connectivity index (χ1v) is 7.87. The van der Waals surface area contributed by atoms with E-state index in [4.69, 9.17) is 5.73 Å². The van der Waals surface area contributed by atoms with Gasteiger partial charge in [-0.3, -0.25) is 9.59 Å². The normalized spacial score (nSPS) is 10.7. The van der Waals surface area contributed by atoms with Gasteiger partial charge in [0.15, 0.2) is 0 Å². The molecular formula is C18H15F2N5O2. The van der Waals surface area contributed by atoms with E-state index in [0.29, 0.717) is 11.5 Å². The summed E-state index contributed by atoms with van der Waals surface area (Å²) < 4.78 is 28.4. The monoisotopic (exact) mass is 371 g/mol. The number of primary amides is 1. The van der Waals surface area contributed by atoms with Crippen molar-refractivity contribution in [2.45, 2.75) is 13.8 Å². The third kappa shape index (κ3) is 3.66. The fourth-order valence-electron chi connectivity index (χ4n) is 2.44. The second kappa shape index (κ2) is 6.94. The first-order chi connectivity index (χ1) is 12.8. The molecule has 0 atom stereocenters. The van der Waals surface area contributed by atoms with Crippen LogP contribution in [-0.4, -0.2) is 26.6 Å². The Balaban J connectivity index is 1.91. The Morgan fingerprint density at radius 3 is 2.41 bits per heavy atom. The Morgan fingerprint density at radius 2 is 1.78 bits per heavy atom. The van der Waals surface area contributed by atoms with E-state index in [1.54, 1.807) is 6.92 Å². The van der Waals surface area contributed by atoms with Crippen molar-refractivity contribution in [3.05, 3.63) is 70.8 Å². The summed E-state index contributed by atoms with van der Waals surface area (Å²) in [5.74, 6) is -2.35. The molecular weight excluding hydrogens is 356 g/mol. The summed E-state index contributed by atoms with van der Waals surface area (Å²) in [4.78, 5) is 27.8. The number of aryl methyl sites for hydroxylation is 1. The highest BCUT2D eigenvalue weighted by Crippen LogP contribution is 2.21. The first-order valence-electron chi connectivity index (χ1n) is 7.87. The summed E-state index contributed by atoms with van der Waals surface area (Å²) in [7, 11) is 0. The third-order valence-electron chi connectivity index (χ3n) is 3.92. The average Bonchev–Trinajstić information content (AvgIpc) is 3.01. The highest BCUT2D eigenvalue weighted by atomic mass is 19.1. The van der Waals surface area contributed by atoms with Crippen LogP contribution in [0.15, 0.2) is 36.4 Å². The molecule has 0 unspecified atom stereocenters. The first kappa shape index (κ1) is 18.2. The number of nitrogens with one attached hydrogen (secondary N) is 1. The van der Waals surface area contributed by atoms with Gasteiger partial charge in [0.25, 0.3) is 5.91 Å². The van der Waals surface area contributed by atoms with Crippen LogP contribution < -0.4 is 11.1 Å². The number of aromatic nitrogens is 3. The molecule has 138 valence electrons. The van der Waals surface area contributed by atoms with Crippen molar-refractivity contribution in [3.8, 4) is 5.69 Å². The minimum absolute atomic E-state index is 0.0746. The van der Waals surface area contributed by atoms with Crippen molar-refractivity contribution < 1.29 is 18.4 Å². The molecule has 1 aromatic heterocycles. The Morgan fingerprint density at radius 1 is 1.11 bits per heavy atom. The van der Waals surface area contributed by atoms with Gasteiger partial charge in [-0.15, -0.1) is 5.10 Å². The lowest BCUT2D eigenvalue weighted by molar-refractivity contribution is 0.0994. The standard InChI is InChI=1S/C18H15F2N5O2/c1-9-14(20)7-11(16(21)26)8-15(9)23-18(27)17-22-10(2)25(24-17)13-5-3-12(19)4-6-13/h3-8H,1-2H3,(H2,21,26)(H,23,27). The molecule has 0 saturated heterocycles. The molecule has 0 aliphatic rings. The summed E-state index contributed by atoms with van der Waals surface area (Å²) in [6, 6.07) is 7.79. The van der Waals surface area contributed by atoms with Gasteiger partial charge in [0.2, 0.25) is 11.7 Å². The maximum Gasteiger partial charge on any atom is 0.295 e. The Labute approximate surface area is 152 Å². The average molecular weight is 371 g/mol. The highest BCUT2D eigenvalue weighted by Gasteiger charge is 2.18. The fourth-order valence-corrected chi connectivity index (χ4v) is 2.44. The molecule has 9 heteroatoms. The van der Waals surface area contributed by atoms with Gasteiger partial charge in [-0.25, -0.2) is 18.4 Å². The number of hydrogen-bond donors (Lipinski definition) is 2. The van der Waals surface area contributed by atoms with E-state index in [2.05, 4.69) is 15.4 Å². The molecule has 0 aliphatic heterocycles. The van der Waals surface area contributed by atoms with Gasteiger partial charge in [-0.1, -0.05) is 0 Å². The van der Waals surface area contributed by atoms with E-state index in [1.165, 1.54) is 41.9 Å². The summed E-state index contributed by atoms with van der Waals surface area (Å²) in [6.45, 7) is 3.08. The van der Waals surface area contributed by atoms with E-state index in [9.17, 15) is 18.4 Å². The molecule has 3 aromatic rings. The van der Waals surface area contributed by atoms with E-state index >= 15 is 0 Å². The maximum atomic E-state index is 14.0. The summed E-state index contributed by atoms with van der Waals surface area (Å²) in [5, 5.41) is 6.58. The molecule has 0 spiro atoms. The smallest absolute Gasteiger partial charge is 0.295 e. The van der Waals surface area contributed by atoms with Crippen LogP contribution in [0.4, 0.5) is 14.5 Å². The molecule has 1 heterocycles.